The Hall–Kier alpha value is -1.09. The Morgan fingerprint density at radius 3 is 2.89 bits per heavy atom. The van der Waals surface area contributed by atoms with E-state index < -0.39 is 0 Å². The number of hydrogen-bond donors (Lipinski definition) is 0. The van der Waals surface area contributed by atoms with Crippen molar-refractivity contribution in [3.8, 4) is 0 Å². The van der Waals surface area contributed by atoms with Crippen molar-refractivity contribution >= 4 is 22.8 Å². The molecule has 102 valence electrons. The first kappa shape index (κ1) is 12.9. The second kappa shape index (κ2) is 5.49. The molecule has 2 aromatic rings. The first-order chi connectivity index (χ1) is 9.28. The van der Waals surface area contributed by atoms with E-state index in [0.29, 0.717) is 5.88 Å². The number of fused-ring (bicyclic) bond motifs is 1. The van der Waals surface area contributed by atoms with Crippen LogP contribution in [0.25, 0.3) is 11.2 Å². The summed E-state index contributed by atoms with van der Waals surface area (Å²) in [5.74, 6) is 2.50. The zero-order valence-electron chi connectivity index (χ0n) is 11.4. The molecule has 3 nitrogen and oxygen atoms in total. The van der Waals surface area contributed by atoms with Gasteiger partial charge < -0.3 is 4.57 Å². The first-order valence-corrected chi connectivity index (χ1v) is 7.69. The number of hydrogen-bond acceptors (Lipinski definition) is 2. The molecule has 1 fully saturated rings. The highest BCUT2D eigenvalue weighted by Crippen LogP contribution is 2.28. The highest BCUT2D eigenvalue weighted by Gasteiger charge is 2.19. The van der Waals surface area contributed by atoms with Gasteiger partial charge in [0.05, 0.1) is 0 Å². The van der Waals surface area contributed by atoms with Gasteiger partial charge in [0, 0.05) is 25.0 Å². The van der Waals surface area contributed by atoms with Gasteiger partial charge in [0.2, 0.25) is 0 Å². The van der Waals surface area contributed by atoms with Crippen molar-refractivity contribution in [3.63, 3.8) is 0 Å². The van der Waals surface area contributed by atoms with E-state index in [1.54, 1.807) is 0 Å². The largest absolute Gasteiger partial charge is 0.312 e. The topological polar surface area (TPSA) is 30.7 Å². The minimum Gasteiger partial charge on any atom is -0.312 e. The highest BCUT2D eigenvalue weighted by molar-refractivity contribution is 6.17. The zero-order valence-corrected chi connectivity index (χ0v) is 12.2. The summed E-state index contributed by atoms with van der Waals surface area (Å²) in [5, 5.41) is 0. The quantitative estimate of drug-likeness (QED) is 0.798. The van der Waals surface area contributed by atoms with Crippen LogP contribution in [-0.4, -0.2) is 20.4 Å². The van der Waals surface area contributed by atoms with Crippen LogP contribution in [0.1, 0.15) is 37.1 Å². The van der Waals surface area contributed by atoms with Gasteiger partial charge >= 0.3 is 0 Å². The summed E-state index contributed by atoms with van der Waals surface area (Å²) >= 11 is 5.91. The molecule has 4 heteroatoms. The Morgan fingerprint density at radius 1 is 1.37 bits per heavy atom. The third kappa shape index (κ3) is 2.62. The molecule has 0 aliphatic heterocycles. The number of nitrogens with zero attached hydrogens (tertiary/aromatic N) is 3. The number of imidazole rings is 1. The predicted octanol–water partition coefficient (Wildman–Crippen LogP) is 3.71. The van der Waals surface area contributed by atoms with Gasteiger partial charge in [0.15, 0.2) is 5.65 Å². The van der Waals surface area contributed by atoms with E-state index >= 15 is 0 Å². The molecular formula is C15H20ClN3. The van der Waals surface area contributed by atoms with Crippen LogP contribution in [0.5, 0.6) is 0 Å². The van der Waals surface area contributed by atoms with Gasteiger partial charge in [-0.15, -0.1) is 11.6 Å². The van der Waals surface area contributed by atoms with Crippen LogP contribution in [0.3, 0.4) is 0 Å². The standard InChI is InChI=1S/C15H20ClN3/c1-11-8-13-15(17-9-11)19(14(18-13)6-7-16)10-12-4-2-3-5-12/h8-9,12H,2-7,10H2,1H3. The molecule has 3 rings (SSSR count). The van der Waals surface area contributed by atoms with E-state index in [2.05, 4.69) is 22.5 Å². The average molecular weight is 278 g/mol. The smallest absolute Gasteiger partial charge is 0.160 e. The Morgan fingerprint density at radius 2 is 2.16 bits per heavy atom. The van der Waals surface area contributed by atoms with Crippen molar-refractivity contribution in [2.75, 3.05) is 5.88 Å². The van der Waals surface area contributed by atoms with Crippen LogP contribution < -0.4 is 0 Å². The average Bonchev–Trinajstić information content (AvgIpc) is 2.99. The van der Waals surface area contributed by atoms with Gasteiger partial charge in [-0.25, -0.2) is 9.97 Å². The Bertz CT molecular complexity index is 570. The molecule has 0 unspecified atom stereocenters. The predicted molar refractivity (Wildman–Crippen MR) is 78.6 cm³/mol. The second-order valence-electron chi connectivity index (χ2n) is 5.58. The van der Waals surface area contributed by atoms with Crippen LogP contribution in [-0.2, 0) is 13.0 Å². The summed E-state index contributed by atoms with van der Waals surface area (Å²) in [5.41, 5.74) is 3.20. The molecule has 0 radical (unpaired) electrons. The fourth-order valence-electron chi connectivity index (χ4n) is 3.08. The summed E-state index contributed by atoms with van der Waals surface area (Å²) in [7, 11) is 0. The maximum atomic E-state index is 5.91. The van der Waals surface area contributed by atoms with E-state index in [1.165, 1.54) is 25.7 Å². The molecule has 2 aromatic heterocycles. The fourth-order valence-corrected chi connectivity index (χ4v) is 3.25. The maximum Gasteiger partial charge on any atom is 0.160 e. The van der Waals surface area contributed by atoms with Crippen molar-refractivity contribution in [2.24, 2.45) is 5.92 Å². The van der Waals surface area contributed by atoms with E-state index in [0.717, 1.165) is 41.4 Å². The molecular weight excluding hydrogens is 258 g/mol. The number of aryl methyl sites for hydroxylation is 2. The molecule has 19 heavy (non-hydrogen) atoms. The zero-order chi connectivity index (χ0) is 13.2. The lowest BCUT2D eigenvalue weighted by atomic mass is 10.1. The lowest BCUT2D eigenvalue weighted by molar-refractivity contribution is 0.454. The summed E-state index contributed by atoms with van der Waals surface area (Å²) < 4.78 is 2.30. The van der Waals surface area contributed by atoms with Crippen molar-refractivity contribution in [1.29, 1.82) is 0 Å². The molecule has 0 amide bonds. The number of pyridine rings is 1. The van der Waals surface area contributed by atoms with E-state index in [-0.39, 0.29) is 0 Å². The second-order valence-corrected chi connectivity index (χ2v) is 5.96. The van der Waals surface area contributed by atoms with E-state index in [1.807, 2.05) is 6.20 Å². The highest BCUT2D eigenvalue weighted by atomic mass is 35.5. The van der Waals surface area contributed by atoms with Crippen molar-refractivity contribution < 1.29 is 0 Å². The van der Waals surface area contributed by atoms with Crippen molar-refractivity contribution in [1.82, 2.24) is 14.5 Å². The third-order valence-corrected chi connectivity index (χ3v) is 4.22. The summed E-state index contributed by atoms with van der Waals surface area (Å²) in [6, 6.07) is 2.12. The molecule has 1 aliphatic carbocycles. The van der Waals surface area contributed by atoms with E-state index in [4.69, 9.17) is 16.6 Å². The number of alkyl halides is 1. The minimum absolute atomic E-state index is 0.618. The van der Waals surface area contributed by atoms with Crippen LogP contribution in [0.4, 0.5) is 0 Å². The Kier molecular flexibility index (Phi) is 3.74. The first-order valence-electron chi connectivity index (χ1n) is 7.15. The van der Waals surface area contributed by atoms with Gasteiger partial charge in [-0.3, -0.25) is 0 Å². The molecule has 1 saturated carbocycles. The SMILES string of the molecule is Cc1cnc2c(c1)nc(CCCl)n2CC1CCCC1. The lowest BCUT2D eigenvalue weighted by Crippen LogP contribution is -2.11. The third-order valence-electron chi connectivity index (χ3n) is 4.03. The fraction of sp³-hybridized carbons (Fsp3) is 0.600. The maximum absolute atomic E-state index is 5.91. The van der Waals surface area contributed by atoms with Crippen LogP contribution in [0.2, 0.25) is 0 Å². The van der Waals surface area contributed by atoms with Gasteiger partial charge in [0.1, 0.15) is 11.3 Å². The van der Waals surface area contributed by atoms with Crippen molar-refractivity contribution in [2.45, 2.75) is 45.6 Å². The summed E-state index contributed by atoms with van der Waals surface area (Å²) in [6.07, 6.45) is 8.17. The van der Waals surface area contributed by atoms with Gasteiger partial charge in [0.25, 0.3) is 0 Å². The van der Waals surface area contributed by atoms with E-state index in [9.17, 15) is 0 Å². The van der Waals surface area contributed by atoms with Crippen LogP contribution in [0.15, 0.2) is 12.3 Å². The van der Waals surface area contributed by atoms with Gasteiger partial charge in [-0.1, -0.05) is 12.8 Å². The number of aromatic nitrogens is 3. The minimum atomic E-state index is 0.618. The molecule has 0 aromatic carbocycles. The normalized spacial score (nSPS) is 16.5. The monoisotopic (exact) mass is 277 g/mol. The van der Waals surface area contributed by atoms with Crippen LogP contribution in [0, 0.1) is 12.8 Å². The molecule has 0 saturated heterocycles. The molecule has 2 heterocycles. The molecule has 0 bridgehead atoms. The number of halogens is 1. The van der Waals surface area contributed by atoms with Crippen LogP contribution >= 0.6 is 11.6 Å². The molecule has 1 aliphatic rings. The van der Waals surface area contributed by atoms with Crippen molar-refractivity contribution in [3.05, 3.63) is 23.7 Å². The summed E-state index contributed by atoms with van der Waals surface area (Å²) in [6.45, 7) is 3.11. The Balaban J connectivity index is 2.00. The van der Waals surface area contributed by atoms with Gasteiger partial charge in [-0.05, 0) is 37.3 Å². The molecule has 0 spiro atoms. The van der Waals surface area contributed by atoms with Gasteiger partial charge in [-0.2, -0.15) is 0 Å². The molecule has 0 N–H and O–H groups in total. The summed E-state index contributed by atoms with van der Waals surface area (Å²) in [4.78, 5) is 9.30. The lowest BCUT2D eigenvalue weighted by Gasteiger charge is -2.13. The molecule has 0 atom stereocenters. The number of rotatable bonds is 4. The Labute approximate surface area is 119 Å².